The number of benzene rings is 7. The molecule has 8 rings (SSSR count). The molecule has 0 amide bonds. The average molecular weight is 731 g/mol. The zero-order valence-corrected chi connectivity index (χ0v) is 33.4. The van der Waals surface area contributed by atoms with Crippen molar-refractivity contribution in [1.29, 1.82) is 0 Å². The minimum atomic E-state index is -1.22. The number of hydrogen-bond acceptors (Lipinski definition) is 3. The van der Waals surface area contributed by atoms with E-state index in [0.717, 1.165) is 5.69 Å². The molecule has 0 aromatic heterocycles. The van der Waals surface area contributed by atoms with Crippen LogP contribution < -0.4 is 31.7 Å². The van der Waals surface area contributed by atoms with Crippen LogP contribution in [0.2, 0.25) is 0 Å². The van der Waals surface area contributed by atoms with E-state index in [9.17, 15) is 0 Å². The van der Waals surface area contributed by atoms with Crippen molar-refractivity contribution in [3.63, 3.8) is 0 Å². The van der Waals surface area contributed by atoms with Gasteiger partial charge in [-0.2, -0.15) is 21.9 Å². The molecule has 1 heterocycles. The van der Waals surface area contributed by atoms with Gasteiger partial charge in [0.25, 0.3) is 6.29 Å². The van der Waals surface area contributed by atoms with Gasteiger partial charge in [0.05, 0.1) is 17.6 Å². The second kappa shape index (κ2) is 17.0. The highest BCUT2D eigenvalue weighted by Crippen LogP contribution is 2.31. The fraction of sp³-hybridized carbons (Fsp3) is 0.137. The van der Waals surface area contributed by atoms with Crippen molar-refractivity contribution in [2.75, 3.05) is 4.90 Å². The van der Waals surface area contributed by atoms with E-state index in [1.54, 1.807) is 0 Å². The Morgan fingerprint density at radius 2 is 0.821 bits per heavy atom. The minimum absolute atomic E-state index is 0.208. The highest BCUT2D eigenvalue weighted by atomic mass is 15.5. The Labute approximate surface area is 333 Å². The van der Waals surface area contributed by atoms with Gasteiger partial charge in [-0.05, 0) is 64.8 Å². The van der Waals surface area contributed by atoms with Crippen LogP contribution in [0.1, 0.15) is 33.4 Å². The monoisotopic (exact) mass is 730 g/mol. The smallest absolute Gasteiger partial charge is 0.271 e. The lowest BCUT2D eigenvalue weighted by Gasteiger charge is -2.44. The molecule has 2 atom stereocenters. The molecule has 0 radical (unpaired) electrons. The predicted octanol–water partition coefficient (Wildman–Crippen LogP) is 9.18. The van der Waals surface area contributed by atoms with Crippen molar-refractivity contribution in [3.05, 3.63) is 222 Å². The van der Waals surface area contributed by atoms with Crippen LogP contribution in [0.5, 0.6) is 0 Å². The first-order chi connectivity index (χ1) is 27.3. The highest BCUT2D eigenvalue weighted by molar-refractivity contribution is 7.19. The summed E-state index contributed by atoms with van der Waals surface area (Å²) in [5.41, 5.74) is 16.3. The first-order valence-electron chi connectivity index (χ1n) is 19.6. The minimum Gasteiger partial charge on any atom is -0.271 e. The molecule has 1 aliphatic rings. The van der Waals surface area contributed by atoms with E-state index < -0.39 is 6.15 Å². The Morgan fingerprint density at radius 1 is 0.464 bits per heavy atom. The lowest BCUT2D eigenvalue weighted by atomic mass is 9.13. The summed E-state index contributed by atoms with van der Waals surface area (Å²) in [6.45, 7) is 13.0. The normalized spacial score (nSPS) is 15.1. The fourth-order valence-electron chi connectivity index (χ4n) is 8.96. The maximum absolute atomic E-state index is 4.87. The number of hydrogen-bond donors (Lipinski definition) is 1. The Balaban J connectivity index is 0.000000175. The maximum Gasteiger partial charge on any atom is 0.293 e. The maximum atomic E-state index is 4.87. The van der Waals surface area contributed by atoms with Gasteiger partial charge in [-0.25, -0.2) is 4.90 Å². The zero-order chi connectivity index (χ0) is 39.1. The summed E-state index contributed by atoms with van der Waals surface area (Å²) in [4.78, 5) is 3.46. The van der Waals surface area contributed by atoms with Gasteiger partial charge >= 0.3 is 0 Å². The largest absolute Gasteiger partial charge is 0.293 e. The SMILES string of the molecule is Cc1cc(C)c(N2C=C[NH+](c3c(C)cc(C)cc3C)C2N=Nc2ccccc2)c(C)c1.c1ccc([B-](c2ccccc2)(c2ccccc2)c2ccccc2)cc1. The first kappa shape index (κ1) is 38.0. The second-order valence-electron chi connectivity index (χ2n) is 15.1. The van der Waals surface area contributed by atoms with E-state index in [2.05, 4.69) is 210 Å². The van der Waals surface area contributed by atoms with Gasteiger partial charge in [0, 0.05) is 11.1 Å². The molecule has 0 spiro atoms. The van der Waals surface area contributed by atoms with Gasteiger partial charge in [0.15, 0.2) is 0 Å². The van der Waals surface area contributed by atoms with Crippen molar-refractivity contribution >= 4 is 45.1 Å². The summed E-state index contributed by atoms with van der Waals surface area (Å²) in [5.74, 6) is 0. The van der Waals surface area contributed by atoms with Gasteiger partial charge < -0.3 is 0 Å². The van der Waals surface area contributed by atoms with Crippen molar-refractivity contribution in [1.82, 2.24) is 0 Å². The van der Waals surface area contributed by atoms with Crippen molar-refractivity contribution in [2.45, 2.75) is 47.8 Å². The van der Waals surface area contributed by atoms with Crippen LogP contribution in [0.3, 0.4) is 0 Å². The van der Waals surface area contributed by atoms with E-state index in [0.29, 0.717) is 0 Å². The lowest BCUT2D eigenvalue weighted by molar-refractivity contribution is -0.798. The molecule has 1 N–H and O–H groups in total. The van der Waals surface area contributed by atoms with Crippen LogP contribution in [0.25, 0.3) is 0 Å². The lowest BCUT2D eigenvalue weighted by Crippen LogP contribution is -3.07. The zero-order valence-electron chi connectivity index (χ0n) is 33.4. The first-order valence-corrected chi connectivity index (χ1v) is 19.6. The summed E-state index contributed by atoms with van der Waals surface area (Å²) in [7, 11) is 0. The van der Waals surface area contributed by atoms with E-state index in [4.69, 9.17) is 5.11 Å². The number of nitrogens with zero attached hydrogens (tertiary/aromatic N) is 3. The molecule has 7 aromatic carbocycles. The molecule has 0 aliphatic carbocycles. The summed E-state index contributed by atoms with van der Waals surface area (Å²) >= 11 is 0. The molecule has 56 heavy (non-hydrogen) atoms. The molecular formula is C51H51BN4. The van der Waals surface area contributed by atoms with Gasteiger partial charge in [-0.15, -0.1) is 10.2 Å². The molecule has 0 saturated heterocycles. The van der Waals surface area contributed by atoms with Gasteiger partial charge in [0.2, 0.25) is 0 Å². The molecule has 0 saturated carbocycles. The number of aryl methyl sites for hydroxylation is 6. The number of azo groups is 1. The van der Waals surface area contributed by atoms with Gasteiger partial charge in [-0.1, -0.05) is 175 Å². The van der Waals surface area contributed by atoms with Crippen molar-refractivity contribution in [3.8, 4) is 0 Å². The van der Waals surface area contributed by atoms with E-state index in [1.165, 1.54) is 71.5 Å². The van der Waals surface area contributed by atoms with Crippen molar-refractivity contribution < 1.29 is 4.90 Å². The Morgan fingerprint density at radius 3 is 1.21 bits per heavy atom. The Kier molecular flexibility index (Phi) is 11.5. The second-order valence-corrected chi connectivity index (χ2v) is 15.1. The average Bonchev–Trinajstić information content (AvgIpc) is 3.61. The van der Waals surface area contributed by atoms with Crippen LogP contribution >= 0.6 is 0 Å². The third kappa shape index (κ3) is 7.77. The van der Waals surface area contributed by atoms with E-state index >= 15 is 0 Å². The molecule has 0 bridgehead atoms. The molecule has 2 unspecified atom stereocenters. The standard InChI is InChI=1S/C27H30N4.C24H20B/c1-18-14-20(3)25(21(4)15-18)30-12-13-31(26-22(5)16-19(2)17-23(26)6)27(30)29-28-24-10-8-7-9-11-24;1-5-13-21(14-6-1)25(22-15-7-2-8-16-22,23-17-9-3-10-18-23)24-19-11-4-12-20-24/h7-17,27H,1-6H3;1-20H/q;-1/p+1. The third-order valence-corrected chi connectivity index (χ3v) is 11.1. The van der Waals surface area contributed by atoms with E-state index in [-0.39, 0.29) is 6.29 Å². The van der Waals surface area contributed by atoms with Crippen LogP contribution in [0, 0.1) is 41.5 Å². The van der Waals surface area contributed by atoms with Crippen LogP contribution in [-0.2, 0) is 0 Å². The van der Waals surface area contributed by atoms with Gasteiger partial charge in [-0.3, -0.25) is 4.90 Å². The molecule has 4 nitrogen and oxygen atoms in total. The van der Waals surface area contributed by atoms with Crippen LogP contribution in [-0.4, -0.2) is 12.4 Å². The molecule has 0 fully saturated rings. The van der Waals surface area contributed by atoms with E-state index in [1.807, 2.05) is 30.3 Å². The molecule has 278 valence electrons. The number of nitrogens with one attached hydrogen (secondary N) is 1. The van der Waals surface area contributed by atoms with Crippen molar-refractivity contribution in [2.24, 2.45) is 10.2 Å². The summed E-state index contributed by atoms with van der Waals surface area (Å²) in [6.07, 6.45) is 2.94. The number of quaternary nitrogens is 1. The number of rotatable bonds is 8. The highest BCUT2D eigenvalue weighted by Gasteiger charge is 2.37. The molecule has 7 aromatic rings. The van der Waals surface area contributed by atoms with Crippen LogP contribution in [0.4, 0.5) is 17.1 Å². The topological polar surface area (TPSA) is 32.4 Å². The summed E-state index contributed by atoms with van der Waals surface area (Å²) in [6, 6.07) is 62.5. The summed E-state index contributed by atoms with van der Waals surface area (Å²) < 4.78 is 0. The Bertz CT molecular complexity index is 2150. The summed E-state index contributed by atoms with van der Waals surface area (Å²) in [5, 5.41) is 9.49. The Hall–Kier alpha value is -6.30. The van der Waals surface area contributed by atoms with Gasteiger partial charge in [0.1, 0.15) is 18.0 Å². The predicted molar refractivity (Wildman–Crippen MR) is 238 cm³/mol. The third-order valence-electron chi connectivity index (χ3n) is 11.1. The quantitative estimate of drug-likeness (QED) is 0.123. The van der Waals surface area contributed by atoms with Crippen LogP contribution in [0.15, 0.2) is 199 Å². The molecule has 5 heteroatoms. The number of anilines is 1. The molecular weight excluding hydrogens is 679 g/mol. The fourth-order valence-corrected chi connectivity index (χ4v) is 8.96. The molecule has 1 aliphatic heterocycles.